The number of carbonyl (C=O) groups excluding carboxylic acids is 1. The van der Waals surface area contributed by atoms with E-state index in [1.807, 2.05) is 31.3 Å². The number of hydrogen-bond acceptors (Lipinski definition) is 6. The van der Waals surface area contributed by atoms with Crippen molar-refractivity contribution < 1.29 is 4.79 Å². The lowest BCUT2D eigenvalue weighted by molar-refractivity contribution is 0.0949. The Morgan fingerprint density at radius 2 is 2.04 bits per heavy atom. The Hall–Kier alpha value is -3.07. The van der Waals surface area contributed by atoms with Gasteiger partial charge in [0.15, 0.2) is 5.69 Å². The molecule has 0 spiro atoms. The number of amides is 1. The molecule has 0 saturated carbocycles. The van der Waals surface area contributed by atoms with Crippen molar-refractivity contribution in [3.8, 4) is 0 Å². The predicted octanol–water partition coefficient (Wildman–Crippen LogP) is 2.30. The Morgan fingerprint density at radius 1 is 1.18 bits per heavy atom. The fourth-order valence-corrected chi connectivity index (χ4v) is 3.70. The molecule has 4 rings (SSSR count). The lowest BCUT2D eigenvalue weighted by atomic mass is 10.1. The van der Waals surface area contributed by atoms with Crippen LogP contribution < -0.4 is 5.32 Å². The zero-order valence-corrected chi connectivity index (χ0v) is 16.4. The van der Waals surface area contributed by atoms with E-state index in [1.165, 1.54) is 5.56 Å². The van der Waals surface area contributed by atoms with Gasteiger partial charge in [0, 0.05) is 19.5 Å². The zero-order chi connectivity index (χ0) is 19.3. The Labute approximate surface area is 166 Å². The molecule has 3 aromatic heterocycles. The van der Waals surface area contributed by atoms with E-state index in [0.717, 1.165) is 35.0 Å². The van der Waals surface area contributed by atoms with Gasteiger partial charge in [-0.1, -0.05) is 46.9 Å². The van der Waals surface area contributed by atoms with E-state index in [-0.39, 0.29) is 5.91 Å². The molecule has 0 atom stereocenters. The van der Waals surface area contributed by atoms with Gasteiger partial charge in [0.25, 0.3) is 5.91 Å². The molecule has 0 bridgehead atoms. The molecular weight excluding hydrogens is 374 g/mol. The minimum atomic E-state index is -0.218. The molecule has 3 heterocycles. The van der Waals surface area contributed by atoms with Crippen molar-refractivity contribution in [2.75, 3.05) is 6.54 Å². The van der Waals surface area contributed by atoms with Gasteiger partial charge in [-0.15, -0.1) is 5.10 Å². The van der Waals surface area contributed by atoms with Gasteiger partial charge in [-0.3, -0.25) is 9.48 Å². The zero-order valence-electron chi connectivity index (χ0n) is 15.6. The molecule has 0 fully saturated rings. The summed E-state index contributed by atoms with van der Waals surface area (Å²) in [5.74, 6) is -0.218. The Morgan fingerprint density at radius 3 is 2.86 bits per heavy atom. The van der Waals surface area contributed by atoms with Crippen LogP contribution in [0.2, 0.25) is 0 Å². The third-order valence-corrected chi connectivity index (χ3v) is 5.17. The number of benzene rings is 1. The van der Waals surface area contributed by atoms with E-state index in [2.05, 4.69) is 37.8 Å². The number of imidazole rings is 1. The fraction of sp³-hybridized carbons (Fsp3) is 0.316. The predicted molar refractivity (Wildman–Crippen MR) is 106 cm³/mol. The summed E-state index contributed by atoms with van der Waals surface area (Å²) in [6.07, 6.45) is 6.15. The molecule has 28 heavy (non-hydrogen) atoms. The maximum absolute atomic E-state index is 12.2. The Balaban J connectivity index is 1.22. The second kappa shape index (κ2) is 8.30. The van der Waals surface area contributed by atoms with E-state index < -0.39 is 0 Å². The first kappa shape index (κ1) is 18.3. The molecule has 0 saturated heterocycles. The third-order valence-electron chi connectivity index (χ3n) is 4.33. The van der Waals surface area contributed by atoms with Gasteiger partial charge >= 0.3 is 0 Å². The minimum Gasteiger partial charge on any atom is -0.350 e. The number of hydrogen-bond donors (Lipinski definition) is 1. The molecule has 1 aromatic carbocycles. The van der Waals surface area contributed by atoms with Gasteiger partial charge in [-0.25, -0.2) is 9.50 Å². The molecular formula is C19H21N7OS. The maximum atomic E-state index is 12.2. The summed E-state index contributed by atoms with van der Waals surface area (Å²) < 4.78 is 3.49. The highest BCUT2D eigenvalue weighted by Gasteiger charge is 2.11. The number of rotatable bonds is 8. The quantitative estimate of drug-likeness (QED) is 0.494. The van der Waals surface area contributed by atoms with Gasteiger partial charge in [0.2, 0.25) is 4.96 Å². The van der Waals surface area contributed by atoms with Crippen LogP contribution in [0.5, 0.6) is 0 Å². The van der Waals surface area contributed by atoms with Gasteiger partial charge in [0.05, 0.1) is 18.1 Å². The molecule has 8 nitrogen and oxygen atoms in total. The molecule has 1 N–H and O–H groups in total. The highest BCUT2D eigenvalue weighted by atomic mass is 32.1. The summed E-state index contributed by atoms with van der Waals surface area (Å²) in [5, 5.41) is 16.2. The Bertz CT molecular complexity index is 1040. The van der Waals surface area contributed by atoms with Crippen molar-refractivity contribution in [3.63, 3.8) is 0 Å². The molecule has 0 aliphatic carbocycles. The Kier molecular flexibility index (Phi) is 5.43. The molecule has 4 aromatic rings. The number of aryl methyl sites for hydroxylation is 3. The molecule has 144 valence electrons. The highest BCUT2D eigenvalue weighted by Crippen LogP contribution is 2.13. The highest BCUT2D eigenvalue weighted by molar-refractivity contribution is 7.16. The van der Waals surface area contributed by atoms with Crippen molar-refractivity contribution >= 4 is 22.2 Å². The molecule has 0 radical (unpaired) electrons. The second-order valence-corrected chi connectivity index (χ2v) is 7.70. The van der Waals surface area contributed by atoms with Crippen LogP contribution in [0.1, 0.15) is 33.2 Å². The number of fused-ring (bicyclic) bond motifs is 1. The number of nitrogens with one attached hydrogen (secondary N) is 1. The fourth-order valence-electron chi connectivity index (χ4n) is 2.96. The van der Waals surface area contributed by atoms with E-state index >= 15 is 0 Å². The van der Waals surface area contributed by atoms with Crippen molar-refractivity contribution in [1.82, 2.24) is 34.9 Å². The normalized spacial score (nSPS) is 11.2. The summed E-state index contributed by atoms with van der Waals surface area (Å²) in [6, 6.07) is 10.3. The topological polar surface area (TPSA) is 90.0 Å². The average molecular weight is 395 g/mol. The maximum Gasteiger partial charge on any atom is 0.273 e. The van der Waals surface area contributed by atoms with Crippen LogP contribution >= 0.6 is 11.3 Å². The molecule has 1 amide bonds. The van der Waals surface area contributed by atoms with E-state index in [1.54, 1.807) is 26.7 Å². The van der Waals surface area contributed by atoms with Crippen LogP contribution in [-0.2, 0) is 19.4 Å². The van der Waals surface area contributed by atoms with Gasteiger partial charge in [-0.05, 0) is 25.3 Å². The van der Waals surface area contributed by atoms with Crippen LogP contribution in [0.3, 0.4) is 0 Å². The van der Waals surface area contributed by atoms with Gasteiger partial charge < -0.3 is 5.32 Å². The molecule has 0 aliphatic heterocycles. The van der Waals surface area contributed by atoms with Crippen molar-refractivity contribution in [2.24, 2.45) is 0 Å². The van der Waals surface area contributed by atoms with E-state index in [9.17, 15) is 4.79 Å². The van der Waals surface area contributed by atoms with Crippen LogP contribution in [0.4, 0.5) is 0 Å². The molecule has 0 aliphatic rings. The summed E-state index contributed by atoms with van der Waals surface area (Å²) in [7, 11) is 0. The van der Waals surface area contributed by atoms with Crippen LogP contribution in [0.25, 0.3) is 4.96 Å². The molecule has 0 unspecified atom stereocenters. The number of aromatic nitrogens is 6. The first-order valence-electron chi connectivity index (χ1n) is 9.21. The van der Waals surface area contributed by atoms with Crippen molar-refractivity contribution in [3.05, 3.63) is 64.7 Å². The average Bonchev–Trinajstić information content (AvgIpc) is 3.37. The van der Waals surface area contributed by atoms with Crippen LogP contribution in [0, 0.1) is 6.92 Å². The summed E-state index contributed by atoms with van der Waals surface area (Å²) in [5.41, 5.74) is 2.54. The van der Waals surface area contributed by atoms with E-state index in [4.69, 9.17) is 0 Å². The SMILES string of the molecule is Cc1nn2cc(CCNC(=O)c3cn(CCCc4ccccc4)nn3)nc2s1. The van der Waals surface area contributed by atoms with Gasteiger partial charge in [-0.2, -0.15) is 5.10 Å². The van der Waals surface area contributed by atoms with E-state index in [0.29, 0.717) is 18.7 Å². The van der Waals surface area contributed by atoms with Gasteiger partial charge in [0.1, 0.15) is 5.01 Å². The standard InChI is InChI=1S/C19H21N7OS/c1-14-23-26-12-16(21-19(26)28-14)9-10-20-18(27)17-13-25(24-22-17)11-5-8-15-6-3-2-4-7-15/h2-4,6-7,12-13H,5,8-11H2,1H3,(H,20,27). The summed E-state index contributed by atoms with van der Waals surface area (Å²) in [4.78, 5) is 17.6. The van der Waals surface area contributed by atoms with Crippen molar-refractivity contribution in [2.45, 2.75) is 32.7 Å². The summed E-state index contributed by atoms with van der Waals surface area (Å²) in [6.45, 7) is 3.17. The second-order valence-electron chi connectivity index (χ2n) is 6.54. The number of nitrogens with zero attached hydrogens (tertiary/aromatic N) is 6. The lowest BCUT2D eigenvalue weighted by Crippen LogP contribution is -2.26. The molecule has 9 heteroatoms. The monoisotopic (exact) mass is 395 g/mol. The number of carbonyl (C=O) groups is 1. The third kappa shape index (κ3) is 4.42. The lowest BCUT2D eigenvalue weighted by Gasteiger charge is -2.01. The van der Waals surface area contributed by atoms with Crippen LogP contribution in [-0.4, -0.2) is 42.0 Å². The smallest absolute Gasteiger partial charge is 0.273 e. The van der Waals surface area contributed by atoms with Crippen LogP contribution in [0.15, 0.2) is 42.7 Å². The largest absolute Gasteiger partial charge is 0.350 e. The summed E-state index contributed by atoms with van der Waals surface area (Å²) >= 11 is 1.55. The first-order valence-corrected chi connectivity index (χ1v) is 10.0. The minimum absolute atomic E-state index is 0.218. The first-order chi connectivity index (χ1) is 13.7. The van der Waals surface area contributed by atoms with Crippen molar-refractivity contribution in [1.29, 1.82) is 0 Å².